The minimum absolute atomic E-state index is 0.604. The van der Waals surface area contributed by atoms with Gasteiger partial charge >= 0.3 is 0 Å². The number of hydrogen-bond acceptors (Lipinski definition) is 0. The Bertz CT molecular complexity index is 319. The Kier molecular flexibility index (Phi) is 3.94. The third-order valence-corrected chi connectivity index (χ3v) is 2.58. The number of benzene rings is 1. The molecule has 0 saturated heterocycles. The summed E-state index contributed by atoms with van der Waals surface area (Å²) in [5.74, 6) is 0.604. The quantitative estimate of drug-likeness (QED) is 0.649. The van der Waals surface area contributed by atoms with E-state index in [0.717, 1.165) is 6.42 Å². The minimum atomic E-state index is 0.604. The van der Waals surface area contributed by atoms with Gasteiger partial charge in [-0.05, 0) is 30.4 Å². The molecule has 0 unspecified atom stereocenters. The molecule has 0 bridgehead atoms. The summed E-state index contributed by atoms with van der Waals surface area (Å²) in [6, 6.07) is 8.66. The molecule has 0 aromatic heterocycles. The summed E-state index contributed by atoms with van der Waals surface area (Å²) in [6.07, 6.45) is 3.43. The molecule has 1 rings (SSSR count). The molecule has 1 aromatic carbocycles. The molecule has 0 heteroatoms. The van der Waals surface area contributed by atoms with Gasteiger partial charge in [0.05, 0.1) is 0 Å². The number of rotatable bonds is 3. The lowest BCUT2D eigenvalue weighted by Crippen LogP contribution is -1.91. The van der Waals surface area contributed by atoms with Gasteiger partial charge in [0, 0.05) is 0 Å². The summed E-state index contributed by atoms with van der Waals surface area (Å²) in [6.45, 7) is 8.88. The van der Waals surface area contributed by atoms with Gasteiger partial charge < -0.3 is 0 Å². The van der Waals surface area contributed by atoms with Gasteiger partial charge in [-0.2, -0.15) is 0 Å². The molecule has 0 spiro atoms. The van der Waals surface area contributed by atoms with Gasteiger partial charge in [-0.15, -0.1) is 0 Å². The molecule has 0 radical (unpaired) electrons. The zero-order chi connectivity index (χ0) is 10.6. The molecule has 0 nitrogen and oxygen atoms in total. The molecule has 0 amide bonds. The van der Waals surface area contributed by atoms with Crippen molar-refractivity contribution in [3.8, 4) is 0 Å². The number of hydrogen-bond donors (Lipinski definition) is 0. The van der Waals surface area contributed by atoms with Crippen molar-refractivity contribution in [2.24, 2.45) is 0 Å². The highest BCUT2D eigenvalue weighted by molar-refractivity contribution is 5.57. The van der Waals surface area contributed by atoms with Crippen molar-refractivity contribution < 1.29 is 0 Å². The normalized spacial score (nSPS) is 12.2. The maximum Gasteiger partial charge on any atom is -0.0213 e. The molecular formula is C14H20. The van der Waals surface area contributed by atoms with Crippen LogP contribution in [0.3, 0.4) is 0 Å². The highest BCUT2D eigenvalue weighted by atomic mass is 14.1. The predicted molar refractivity (Wildman–Crippen MR) is 64.5 cm³/mol. The van der Waals surface area contributed by atoms with E-state index < -0.39 is 0 Å². The van der Waals surface area contributed by atoms with Crippen LogP contribution in [-0.2, 0) is 0 Å². The molecule has 0 aliphatic heterocycles. The van der Waals surface area contributed by atoms with Gasteiger partial charge in [0.1, 0.15) is 0 Å². The second kappa shape index (κ2) is 4.99. The lowest BCUT2D eigenvalue weighted by atomic mass is 9.96. The molecule has 0 heterocycles. The molecule has 1 aromatic rings. The van der Waals surface area contributed by atoms with Crippen molar-refractivity contribution in [1.82, 2.24) is 0 Å². The van der Waals surface area contributed by atoms with Crippen molar-refractivity contribution in [2.75, 3.05) is 0 Å². The van der Waals surface area contributed by atoms with Crippen molar-refractivity contribution in [3.63, 3.8) is 0 Å². The third-order valence-electron chi connectivity index (χ3n) is 2.58. The van der Waals surface area contributed by atoms with Crippen molar-refractivity contribution in [1.29, 1.82) is 0 Å². The third kappa shape index (κ3) is 2.73. The van der Waals surface area contributed by atoms with Gasteiger partial charge in [0.2, 0.25) is 0 Å². The molecule has 0 atom stereocenters. The Labute approximate surface area is 87.7 Å². The Morgan fingerprint density at radius 2 is 1.93 bits per heavy atom. The largest absolute Gasteiger partial charge is 0.0730 e. The van der Waals surface area contributed by atoms with Crippen LogP contribution in [-0.4, -0.2) is 0 Å². The summed E-state index contributed by atoms with van der Waals surface area (Å²) in [5.41, 5.74) is 4.26. The van der Waals surface area contributed by atoms with E-state index in [-0.39, 0.29) is 0 Å². The molecule has 0 saturated carbocycles. The van der Waals surface area contributed by atoms with Crippen LogP contribution in [0.25, 0.3) is 6.08 Å². The van der Waals surface area contributed by atoms with Crippen LogP contribution in [0.15, 0.2) is 29.8 Å². The Hall–Kier alpha value is -1.04. The molecular weight excluding hydrogens is 168 g/mol. The second-order valence-electron chi connectivity index (χ2n) is 4.13. The van der Waals surface area contributed by atoms with E-state index in [2.05, 4.69) is 58.0 Å². The smallest absolute Gasteiger partial charge is 0.0213 e. The Morgan fingerprint density at radius 1 is 1.29 bits per heavy atom. The zero-order valence-corrected chi connectivity index (χ0v) is 9.67. The van der Waals surface area contributed by atoms with Crippen molar-refractivity contribution in [2.45, 2.75) is 40.0 Å². The average molecular weight is 188 g/mol. The first-order valence-electron chi connectivity index (χ1n) is 5.41. The fraction of sp³-hybridized carbons (Fsp3) is 0.429. The van der Waals surface area contributed by atoms with Gasteiger partial charge in [0.15, 0.2) is 0 Å². The standard InChI is InChI=1S/C14H20/c1-5-12(4)10-13-8-6-7-9-14(13)11(2)3/h6-11H,5H2,1-4H3/b12-10-. The fourth-order valence-corrected chi connectivity index (χ4v) is 1.54. The van der Waals surface area contributed by atoms with Crippen LogP contribution >= 0.6 is 0 Å². The first-order valence-corrected chi connectivity index (χ1v) is 5.41. The maximum atomic E-state index is 2.30. The zero-order valence-electron chi connectivity index (χ0n) is 9.67. The van der Waals surface area contributed by atoms with E-state index in [4.69, 9.17) is 0 Å². The molecule has 0 aliphatic rings. The van der Waals surface area contributed by atoms with Crippen molar-refractivity contribution in [3.05, 3.63) is 41.0 Å². The molecule has 76 valence electrons. The summed E-state index contributed by atoms with van der Waals surface area (Å²) < 4.78 is 0. The highest BCUT2D eigenvalue weighted by Crippen LogP contribution is 2.21. The Balaban J connectivity index is 3.07. The first-order chi connectivity index (χ1) is 6.65. The highest BCUT2D eigenvalue weighted by Gasteiger charge is 2.02. The monoisotopic (exact) mass is 188 g/mol. The molecule has 0 fully saturated rings. The lowest BCUT2D eigenvalue weighted by Gasteiger charge is -2.10. The SMILES string of the molecule is CC/C(C)=C\c1ccccc1C(C)C. The number of allylic oxidation sites excluding steroid dienone is 1. The van der Waals surface area contributed by atoms with E-state index in [9.17, 15) is 0 Å². The fourth-order valence-electron chi connectivity index (χ4n) is 1.54. The van der Waals surface area contributed by atoms with Crippen molar-refractivity contribution >= 4 is 6.08 Å². The van der Waals surface area contributed by atoms with Gasteiger partial charge in [0.25, 0.3) is 0 Å². The van der Waals surface area contributed by atoms with E-state index in [1.165, 1.54) is 16.7 Å². The van der Waals surface area contributed by atoms with Gasteiger partial charge in [-0.1, -0.05) is 56.7 Å². The topological polar surface area (TPSA) is 0 Å². The summed E-state index contributed by atoms with van der Waals surface area (Å²) in [7, 11) is 0. The molecule has 0 N–H and O–H groups in total. The van der Waals surface area contributed by atoms with Gasteiger partial charge in [-0.25, -0.2) is 0 Å². The predicted octanol–water partition coefficient (Wildman–Crippen LogP) is 4.62. The van der Waals surface area contributed by atoms with Crippen LogP contribution in [0.5, 0.6) is 0 Å². The van der Waals surface area contributed by atoms with Crippen LogP contribution in [0.1, 0.15) is 51.2 Å². The summed E-state index contributed by atoms with van der Waals surface area (Å²) >= 11 is 0. The second-order valence-corrected chi connectivity index (χ2v) is 4.13. The van der Waals surface area contributed by atoms with Crippen LogP contribution < -0.4 is 0 Å². The summed E-state index contributed by atoms with van der Waals surface area (Å²) in [5, 5.41) is 0. The van der Waals surface area contributed by atoms with Crippen LogP contribution in [0.4, 0.5) is 0 Å². The van der Waals surface area contributed by atoms with Crippen LogP contribution in [0.2, 0.25) is 0 Å². The van der Waals surface area contributed by atoms with E-state index >= 15 is 0 Å². The minimum Gasteiger partial charge on any atom is -0.0730 e. The van der Waals surface area contributed by atoms with E-state index in [1.807, 2.05) is 0 Å². The van der Waals surface area contributed by atoms with E-state index in [0.29, 0.717) is 5.92 Å². The first kappa shape index (κ1) is 11.0. The van der Waals surface area contributed by atoms with Crippen LogP contribution in [0, 0.1) is 0 Å². The molecule has 14 heavy (non-hydrogen) atoms. The van der Waals surface area contributed by atoms with E-state index in [1.54, 1.807) is 0 Å². The summed E-state index contributed by atoms with van der Waals surface area (Å²) in [4.78, 5) is 0. The lowest BCUT2D eigenvalue weighted by molar-refractivity contribution is 0.863. The maximum absolute atomic E-state index is 2.30. The van der Waals surface area contributed by atoms with Gasteiger partial charge in [-0.3, -0.25) is 0 Å². The molecule has 0 aliphatic carbocycles. The Morgan fingerprint density at radius 3 is 2.50 bits per heavy atom. The average Bonchev–Trinajstić information content (AvgIpc) is 2.18.